The number of thioether (sulfide) groups is 1. The maximum atomic E-state index is 5.87. The first-order valence-corrected chi connectivity index (χ1v) is 16.8. The minimum absolute atomic E-state index is 0.375. The fourth-order valence-corrected chi connectivity index (χ4v) is 6.35. The second kappa shape index (κ2) is 16.7. The maximum absolute atomic E-state index is 5.87. The number of anilines is 2. The average Bonchev–Trinajstić information content (AvgIpc) is 3.53. The van der Waals surface area contributed by atoms with Gasteiger partial charge in [-0.15, -0.1) is 15.0 Å². The molecule has 11 heteroatoms. The zero-order valence-electron chi connectivity index (χ0n) is 26.1. The van der Waals surface area contributed by atoms with Gasteiger partial charge in [-0.05, 0) is 74.1 Å². The highest BCUT2D eigenvalue weighted by atomic mass is 32.2. The van der Waals surface area contributed by atoms with Crippen molar-refractivity contribution in [2.45, 2.75) is 77.5 Å². The van der Waals surface area contributed by atoms with Crippen LogP contribution in [0.25, 0.3) is 10.6 Å². The SMILES string of the molecule is C=C(Nc1cc(CN2CCOCC2)cc(NC2CCC(OCC)CC2)n1)S/C(=C\CCCC)c1nnn(-c2ccccc2)n1. The molecule has 236 valence electrons. The monoisotopic (exact) mass is 618 g/mol. The van der Waals surface area contributed by atoms with E-state index in [1.807, 2.05) is 30.3 Å². The molecule has 2 aliphatic rings. The molecule has 0 radical (unpaired) electrons. The molecule has 1 saturated heterocycles. The first-order valence-electron chi connectivity index (χ1n) is 16.0. The zero-order chi connectivity index (χ0) is 30.6. The van der Waals surface area contributed by atoms with E-state index >= 15 is 0 Å². The third-order valence-electron chi connectivity index (χ3n) is 7.83. The normalized spacial score (nSPS) is 19.5. The predicted molar refractivity (Wildman–Crippen MR) is 179 cm³/mol. The molecular weight excluding hydrogens is 572 g/mol. The number of nitrogens with zero attached hydrogens (tertiary/aromatic N) is 6. The summed E-state index contributed by atoms with van der Waals surface area (Å²) in [6, 6.07) is 14.5. The van der Waals surface area contributed by atoms with Crippen LogP contribution in [0.4, 0.5) is 11.6 Å². The smallest absolute Gasteiger partial charge is 0.211 e. The first kappa shape index (κ1) is 32.2. The summed E-state index contributed by atoms with van der Waals surface area (Å²) in [5.74, 6) is 2.24. The molecule has 0 bridgehead atoms. The number of hydrogen-bond donors (Lipinski definition) is 2. The Morgan fingerprint density at radius 1 is 1.09 bits per heavy atom. The van der Waals surface area contributed by atoms with Gasteiger partial charge in [0.05, 0.1) is 34.9 Å². The molecule has 3 aromatic rings. The molecule has 0 spiro atoms. The lowest BCUT2D eigenvalue weighted by Crippen LogP contribution is -2.35. The lowest BCUT2D eigenvalue weighted by atomic mass is 9.93. The first-order chi connectivity index (χ1) is 21.6. The van der Waals surface area contributed by atoms with Crippen LogP contribution in [0.2, 0.25) is 0 Å². The summed E-state index contributed by atoms with van der Waals surface area (Å²) in [4.78, 5) is 9.90. The topological polar surface area (TPSA) is 102 Å². The Morgan fingerprint density at radius 2 is 1.86 bits per heavy atom. The summed E-state index contributed by atoms with van der Waals surface area (Å²) < 4.78 is 11.4. The fourth-order valence-electron chi connectivity index (χ4n) is 5.55. The molecule has 2 N–H and O–H groups in total. The summed E-state index contributed by atoms with van der Waals surface area (Å²) in [5, 5.41) is 21.3. The molecular formula is C33H46N8O2S. The number of nitrogens with one attached hydrogen (secondary N) is 2. The number of hydrogen-bond acceptors (Lipinski definition) is 10. The van der Waals surface area contributed by atoms with Gasteiger partial charge in [0.1, 0.15) is 11.6 Å². The van der Waals surface area contributed by atoms with Crippen molar-refractivity contribution in [1.82, 2.24) is 30.1 Å². The van der Waals surface area contributed by atoms with E-state index in [0.717, 1.165) is 112 Å². The Balaban J connectivity index is 1.30. The van der Waals surface area contributed by atoms with Crippen molar-refractivity contribution in [2.75, 3.05) is 43.5 Å². The Labute approximate surface area is 265 Å². The van der Waals surface area contributed by atoms with Gasteiger partial charge in [0.15, 0.2) is 0 Å². The molecule has 3 heterocycles. The minimum Gasteiger partial charge on any atom is -0.379 e. The van der Waals surface area contributed by atoms with E-state index in [0.29, 0.717) is 18.0 Å². The Kier molecular flexibility index (Phi) is 12.2. The molecule has 10 nitrogen and oxygen atoms in total. The van der Waals surface area contributed by atoms with E-state index in [1.165, 1.54) is 17.3 Å². The van der Waals surface area contributed by atoms with Crippen LogP contribution >= 0.6 is 11.8 Å². The number of unbranched alkanes of at least 4 members (excludes halogenated alkanes) is 2. The second-order valence-electron chi connectivity index (χ2n) is 11.3. The van der Waals surface area contributed by atoms with Crippen LogP contribution in [0, 0.1) is 0 Å². The highest BCUT2D eigenvalue weighted by Crippen LogP contribution is 2.33. The molecule has 1 aliphatic carbocycles. The van der Waals surface area contributed by atoms with E-state index in [1.54, 1.807) is 4.80 Å². The summed E-state index contributed by atoms with van der Waals surface area (Å²) in [6.07, 6.45) is 9.99. The van der Waals surface area contributed by atoms with Crippen molar-refractivity contribution in [3.8, 4) is 5.69 Å². The van der Waals surface area contributed by atoms with Gasteiger partial charge in [-0.3, -0.25) is 4.90 Å². The van der Waals surface area contributed by atoms with Crippen LogP contribution in [0.5, 0.6) is 0 Å². The van der Waals surface area contributed by atoms with Crippen molar-refractivity contribution in [2.24, 2.45) is 0 Å². The summed E-state index contributed by atoms with van der Waals surface area (Å²) in [7, 11) is 0. The van der Waals surface area contributed by atoms with Crippen LogP contribution in [0.15, 0.2) is 60.1 Å². The van der Waals surface area contributed by atoms with Gasteiger partial charge in [-0.25, -0.2) is 4.98 Å². The van der Waals surface area contributed by atoms with E-state index in [4.69, 9.17) is 14.5 Å². The number of tetrazole rings is 1. The summed E-state index contributed by atoms with van der Waals surface area (Å²) in [5.41, 5.74) is 2.08. The predicted octanol–water partition coefficient (Wildman–Crippen LogP) is 6.50. The molecule has 1 saturated carbocycles. The lowest BCUT2D eigenvalue weighted by Gasteiger charge is -2.30. The number of pyridine rings is 1. The number of rotatable bonds is 15. The Morgan fingerprint density at radius 3 is 2.61 bits per heavy atom. The van der Waals surface area contributed by atoms with Gasteiger partial charge >= 0.3 is 0 Å². The molecule has 0 amide bonds. The third-order valence-corrected chi connectivity index (χ3v) is 8.75. The van der Waals surface area contributed by atoms with E-state index in [9.17, 15) is 0 Å². The minimum atomic E-state index is 0.375. The van der Waals surface area contributed by atoms with E-state index < -0.39 is 0 Å². The highest BCUT2D eigenvalue weighted by molar-refractivity contribution is 8.11. The summed E-state index contributed by atoms with van der Waals surface area (Å²) >= 11 is 1.52. The quantitative estimate of drug-likeness (QED) is 0.184. The van der Waals surface area contributed by atoms with Gasteiger partial charge in [0.2, 0.25) is 5.82 Å². The molecule has 0 atom stereocenters. The second-order valence-corrected chi connectivity index (χ2v) is 12.4. The molecule has 1 aliphatic heterocycles. The van der Waals surface area contributed by atoms with Gasteiger partial charge in [-0.1, -0.05) is 62.4 Å². The van der Waals surface area contributed by atoms with Crippen molar-refractivity contribution in [3.63, 3.8) is 0 Å². The summed E-state index contributed by atoms with van der Waals surface area (Å²) in [6.45, 7) is 13.6. The van der Waals surface area contributed by atoms with E-state index in [-0.39, 0.29) is 0 Å². The van der Waals surface area contributed by atoms with Crippen molar-refractivity contribution < 1.29 is 9.47 Å². The average molecular weight is 619 g/mol. The van der Waals surface area contributed by atoms with Crippen molar-refractivity contribution >= 4 is 28.3 Å². The third kappa shape index (κ3) is 9.62. The molecule has 2 fully saturated rings. The zero-order valence-corrected chi connectivity index (χ0v) is 26.9. The Bertz CT molecular complexity index is 1350. The molecule has 2 aromatic heterocycles. The largest absolute Gasteiger partial charge is 0.379 e. The van der Waals surface area contributed by atoms with Gasteiger partial charge in [-0.2, -0.15) is 0 Å². The highest BCUT2D eigenvalue weighted by Gasteiger charge is 2.22. The van der Waals surface area contributed by atoms with Crippen molar-refractivity contribution in [3.05, 3.63) is 71.5 Å². The van der Waals surface area contributed by atoms with Crippen LogP contribution in [0.3, 0.4) is 0 Å². The van der Waals surface area contributed by atoms with E-state index in [2.05, 4.69) is 69.6 Å². The van der Waals surface area contributed by atoms with Crippen LogP contribution in [0.1, 0.15) is 70.2 Å². The number of para-hydroxylation sites is 1. The maximum Gasteiger partial charge on any atom is 0.211 e. The Hall–Kier alpha value is -3.25. The number of morpholine rings is 1. The van der Waals surface area contributed by atoms with Crippen molar-refractivity contribution in [1.29, 1.82) is 0 Å². The fraction of sp³-hybridized carbons (Fsp3) is 0.515. The lowest BCUT2D eigenvalue weighted by molar-refractivity contribution is 0.0340. The standard InChI is InChI=1S/C33H46N8O2S/c1-4-6-8-13-30(33-37-39-41(38-33)28-11-9-7-10-12-28)44-25(3)34-31-22-26(24-40-18-20-42-21-19-40)23-32(36-31)35-27-14-16-29(17-15-27)43-5-2/h7,9-13,22-23,27,29H,3-6,8,14-21,24H2,1-2H3,(H2,34,35,36)/b30-13-. The molecule has 44 heavy (non-hydrogen) atoms. The molecule has 5 rings (SSSR count). The molecule has 0 unspecified atom stereocenters. The van der Waals surface area contributed by atoms with Gasteiger partial charge in [0, 0.05) is 32.3 Å². The number of benzene rings is 1. The molecule has 1 aromatic carbocycles. The van der Waals surface area contributed by atoms with Crippen LogP contribution in [-0.4, -0.2) is 75.1 Å². The number of aromatic nitrogens is 5. The van der Waals surface area contributed by atoms with Gasteiger partial charge in [0.25, 0.3) is 0 Å². The van der Waals surface area contributed by atoms with Gasteiger partial charge < -0.3 is 20.1 Å². The van der Waals surface area contributed by atoms with Crippen LogP contribution < -0.4 is 10.6 Å². The number of ether oxygens (including phenoxy) is 2. The van der Waals surface area contributed by atoms with Crippen LogP contribution in [-0.2, 0) is 16.0 Å². The number of allylic oxidation sites excluding steroid dienone is 1.